The van der Waals surface area contributed by atoms with Gasteiger partial charge in [0.1, 0.15) is 17.7 Å². The van der Waals surface area contributed by atoms with E-state index in [1.165, 1.54) is 0 Å². The Balaban J connectivity index is 1.30. The van der Waals surface area contributed by atoms with Crippen molar-refractivity contribution in [1.29, 1.82) is 0 Å². The van der Waals surface area contributed by atoms with Gasteiger partial charge in [-0.25, -0.2) is 4.98 Å². The van der Waals surface area contributed by atoms with Gasteiger partial charge in [-0.3, -0.25) is 9.89 Å². The van der Waals surface area contributed by atoms with E-state index < -0.39 is 0 Å². The molecule has 2 saturated heterocycles. The van der Waals surface area contributed by atoms with Crippen LogP contribution in [0.25, 0.3) is 0 Å². The number of carbonyl (C=O) groups is 1. The molecule has 1 N–H and O–H groups in total. The molecule has 1 amide bonds. The van der Waals surface area contributed by atoms with Gasteiger partial charge in [0.15, 0.2) is 12.4 Å². The summed E-state index contributed by atoms with van der Waals surface area (Å²) >= 11 is 0. The third kappa shape index (κ3) is 3.24. The van der Waals surface area contributed by atoms with E-state index in [9.17, 15) is 4.79 Å². The van der Waals surface area contributed by atoms with Gasteiger partial charge in [-0.15, -0.1) is 0 Å². The van der Waals surface area contributed by atoms with Gasteiger partial charge in [-0.1, -0.05) is 18.2 Å². The zero-order chi connectivity index (χ0) is 17.4. The highest BCUT2D eigenvalue weighted by Crippen LogP contribution is 2.39. The molecule has 0 unspecified atom stereocenters. The number of aromatic nitrogens is 3. The number of H-pyrrole nitrogens is 1. The first-order valence-electron chi connectivity index (χ1n) is 8.60. The van der Waals surface area contributed by atoms with Crippen LogP contribution < -0.4 is 4.74 Å². The Morgan fingerprint density at radius 3 is 2.92 bits per heavy atom. The molecule has 7 nitrogen and oxygen atoms in total. The Labute approximate surface area is 146 Å². The molecule has 2 aliphatic rings. The van der Waals surface area contributed by atoms with Crippen LogP contribution in [0.2, 0.25) is 0 Å². The normalized spacial score (nSPS) is 25.2. The van der Waals surface area contributed by atoms with E-state index in [-0.39, 0.29) is 24.7 Å². The van der Waals surface area contributed by atoms with Crippen molar-refractivity contribution in [2.45, 2.75) is 32.5 Å². The van der Waals surface area contributed by atoms with E-state index in [2.05, 4.69) is 15.2 Å². The van der Waals surface area contributed by atoms with Gasteiger partial charge in [0.2, 0.25) is 0 Å². The van der Waals surface area contributed by atoms with Crippen LogP contribution in [0, 0.1) is 19.8 Å². The van der Waals surface area contributed by atoms with Crippen LogP contribution in [-0.2, 0) is 9.53 Å². The standard InChI is InChI=1S/C18H22N4O3/c1-11-5-3-4-6-14(11)24-10-17(23)22-8-13-7-15(25-16(13)9-22)18-19-12(2)20-21-18/h3-6,13,15-16H,7-10H2,1-2H3,(H,19,20,21)/t13-,15-,16+/m0/s1. The highest BCUT2D eigenvalue weighted by Gasteiger charge is 2.44. The lowest BCUT2D eigenvalue weighted by Gasteiger charge is -2.19. The van der Waals surface area contributed by atoms with Crippen LogP contribution in [0.5, 0.6) is 5.75 Å². The summed E-state index contributed by atoms with van der Waals surface area (Å²) in [6.45, 7) is 5.23. The summed E-state index contributed by atoms with van der Waals surface area (Å²) in [4.78, 5) is 18.6. The minimum atomic E-state index is -0.0691. The van der Waals surface area contributed by atoms with Gasteiger partial charge < -0.3 is 14.4 Å². The van der Waals surface area contributed by atoms with Gasteiger partial charge in [-0.05, 0) is 31.9 Å². The van der Waals surface area contributed by atoms with Crippen molar-refractivity contribution in [3.63, 3.8) is 0 Å². The van der Waals surface area contributed by atoms with Gasteiger partial charge in [0.25, 0.3) is 5.91 Å². The van der Waals surface area contributed by atoms with E-state index in [0.717, 1.165) is 23.6 Å². The van der Waals surface area contributed by atoms with Crippen molar-refractivity contribution in [2.24, 2.45) is 5.92 Å². The highest BCUT2D eigenvalue weighted by atomic mass is 16.5. The fourth-order valence-electron chi connectivity index (χ4n) is 3.59. The highest BCUT2D eigenvalue weighted by molar-refractivity contribution is 5.78. The molecule has 132 valence electrons. The molecule has 7 heteroatoms. The monoisotopic (exact) mass is 342 g/mol. The summed E-state index contributed by atoms with van der Waals surface area (Å²) in [5, 5.41) is 7.04. The van der Waals surface area contributed by atoms with Crippen LogP contribution in [-0.4, -0.2) is 51.8 Å². The van der Waals surface area contributed by atoms with Gasteiger partial charge in [0.05, 0.1) is 6.10 Å². The summed E-state index contributed by atoms with van der Waals surface area (Å²) in [5.41, 5.74) is 1.03. The van der Waals surface area contributed by atoms with Crippen LogP contribution in [0.4, 0.5) is 0 Å². The number of hydrogen-bond donors (Lipinski definition) is 1. The minimum Gasteiger partial charge on any atom is -0.484 e. The number of fused-ring (bicyclic) bond motifs is 1. The number of amides is 1. The molecule has 3 atom stereocenters. The fourth-order valence-corrected chi connectivity index (χ4v) is 3.59. The molecule has 1 aromatic carbocycles. The zero-order valence-corrected chi connectivity index (χ0v) is 14.4. The number of ether oxygens (including phenoxy) is 2. The number of aryl methyl sites for hydroxylation is 2. The van der Waals surface area contributed by atoms with Crippen molar-refractivity contribution >= 4 is 5.91 Å². The largest absolute Gasteiger partial charge is 0.484 e. The molecule has 0 saturated carbocycles. The summed E-state index contributed by atoms with van der Waals surface area (Å²) in [6.07, 6.45) is 0.844. The average molecular weight is 342 g/mol. The summed E-state index contributed by atoms with van der Waals surface area (Å²) in [5.74, 6) is 2.61. The van der Waals surface area contributed by atoms with E-state index in [4.69, 9.17) is 9.47 Å². The summed E-state index contributed by atoms with van der Waals surface area (Å²) < 4.78 is 11.7. The van der Waals surface area contributed by atoms with E-state index in [0.29, 0.717) is 24.8 Å². The third-order valence-electron chi connectivity index (χ3n) is 4.94. The van der Waals surface area contributed by atoms with E-state index >= 15 is 0 Å². The number of likely N-dealkylation sites (tertiary alicyclic amines) is 1. The molecule has 2 fully saturated rings. The Bertz CT molecular complexity index is 761. The van der Waals surface area contributed by atoms with Crippen LogP contribution >= 0.6 is 0 Å². The number of benzene rings is 1. The third-order valence-corrected chi connectivity index (χ3v) is 4.94. The second-order valence-corrected chi connectivity index (χ2v) is 6.79. The number of para-hydroxylation sites is 1. The first kappa shape index (κ1) is 16.1. The predicted molar refractivity (Wildman–Crippen MR) is 90.1 cm³/mol. The van der Waals surface area contributed by atoms with Crippen molar-refractivity contribution in [1.82, 2.24) is 20.1 Å². The maximum atomic E-state index is 12.4. The minimum absolute atomic E-state index is 0.00606. The van der Waals surface area contributed by atoms with E-state index in [1.807, 2.05) is 43.0 Å². The van der Waals surface area contributed by atoms with Crippen molar-refractivity contribution in [3.05, 3.63) is 41.5 Å². The molecule has 1 aromatic heterocycles. The average Bonchev–Trinajstić information content (AvgIpc) is 3.27. The van der Waals surface area contributed by atoms with Crippen LogP contribution in [0.1, 0.15) is 29.7 Å². The molecule has 0 spiro atoms. The number of aromatic amines is 1. The molecule has 4 rings (SSSR count). The molecular formula is C18H22N4O3. The molecule has 3 heterocycles. The quantitative estimate of drug-likeness (QED) is 0.916. The molecule has 2 aliphatic heterocycles. The predicted octanol–water partition coefficient (Wildman–Crippen LogP) is 1.79. The number of hydrogen-bond acceptors (Lipinski definition) is 5. The molecule has 0 aliphatic carbocycles. The van der Waals surface area contributed by atoms with Crippen molar-refractivity contribution < 1.29 is 14.3 Å². The lowest BCUT2D eigenvalue weighted by Crippen LogP contribution is -2.34. The molecular weight excluding hydrogens is 320 g/mol. The maximum absolute atomic E-state index is 12.4. The Morgan fingerprint density at radius 1 is 1.36 bits per heavy atom. The van der Waals surface area contributed by atoms with Gasteiger partial charge in [-0.2, -0.15) is 5.10 Å². The summed E-state index contributed by atoms with van der Waals surface area (Å²) in [7, 11) is 0. The SMILES string of the molecule is Cc1nc([C@@H]2C[C@H]3CN(C(=O)COc4ccccc4C)C[C@H]3O2)n[nH]1. The van der Waals surface area contributed by atoms with Crippen molar-refractivity contribution in [2.75, 3.05) is 19.7 Å². The van der Waals surface area contributed by atoms with E-state index in [1.54, 1.807) is 0 Å². The zero-order valence-electron chi connectivity index (χ0n) is 14.4. The molecule has 2 aromatic rings. The first-order valence-corrected chi connectivity index (χ1v) is 8.60. The maximum Gasteiger partial charge on any atom is 0.260 e. The van der Waals surface area contributed by atoms with Crippen LogP contribution in [0.15, 0.2) is 24.3 Å². The number of rotatable bonds is 4. The molecule has 25 heavy (non-hydrogen) atoms. The molecule has 0 bridgehead atoms. The second-order valence-electron chi connectivity index (χ2n) is 6.79. The second kappa shape index (κ2) is 6.48. The van der Waals surface area contributed by atoms with Gasteiger partial charge in [0, 0.05) is 19.0 Å². The Hall–Kier alpha value is -2.41. The van der Waals surface area contributed by atoms with Gasteiger partial charge >= 0.3 is 0 Å². The Kier molecular flexibility index (Phi) is 4.17. The fraction of sp³-hybridized carbons (Fsp3) is 0.500. The topological polar surface area (TPSA) is 80.3 Å². The van der Waals surface area contributed by atoms with Crippen molar-refractivity contribution in [3.8, 4) is 5.75 Å². The lowest BCUT2D eigenvalue weighted by atomic mass is 10.0. The first-order chi connectivity index (χ1) is 12.1. The summed E-state index contributed by atoms with van der Waals surface area (Å²) in [6, 6.07) is 7.72. The Morgan fingerprint density at radius 2 is 2.20 bits per heavy atom. The number of nitrogens with zero attached hydrogens (tertiary/aromatic N) is 3. The number of carbonyl (C=O) groups excluding carboxylic acids is 1. The molecule has 0 radical (unpaired) electrons. The van der Waals surface area contributed by atoms with Crippen LogP contribution in [0.3, 0.4) is 0 Å². The smallest absolute Gasteiger partial charge is 0.260 e. The lowest BCUT2D eigenvalue weighted by molar-refractivity contribution is -0.133. The number of nitrogens with one attached hydrogen (secondary N) is 1.